The summed E-state index contributed by atoms with van der Waals surface area (Å²) in [5.41, 5.74) is 0. The molecule has 0 saturated carbocycles. The zero-order chi connectivity index (χ0) is 11.0. The van der Waals surface area contributed by atoms with Crippen molar-refractivity contribution < 1.29 is 21.4 Å². The third-order valence-corrected chi connectivity index (χ3v) is 5.69. The summed E-state index contributed by atoms with van der Waals surface area (Å²) in [6.07, 6.45) is 4.45. The van der Waals surface area contributed by atoms with E-state index in [1.54, 1.807) is 0 Å². The van der Waals surface area contributed by atoms with Crippen LogP contribution >= 0.6 is 0 Å². The van der Waals surface area contributed by atoms with E-state index in [9.17, 15) is 16.8 Å². The maximum Gasteiger partial charge on any atom is 0.290 e. The summed E-state index contributed by atoms with van der Waals surface area (Å²) in [4.78, 5) is 0. The molecule has 1 unspecified atom stereocenters. The SMILES string of the molecule is NS(=O)(=O)C1(S(=O)(=O)O)C=CC=CC1. The molecule has 0 heterocycles. The first-order chi connectivity index (χ1) is 6.21. The summed E-state index contributed by atoms with van der Waals surface area (Å²) in [7, 11) is -9.22. The van der Waals surface area contributed by atoms with E-state index in [2.05, 4.69) is 0 Å². The van der Waals surface area contributed by atoms with Gasteiger partial charge in [0.25, 0.3) is 10.1 Å². The molecule has 8 heteroatoms. The molecule has 0 spiro atoms. The van der Waals surface area contributed by atoms with Crippen LogP contribution in [0.2, 0.25) is 0 Å². The predicted octanol–water partition coefficient (Wildman–Crippen LogP) is -0.625. The summed E-state index contributed by atoms with van der Waals surface area (Å²) < 4.78 is 50.6. The number of rotatable bonds is 2. The fourth-order valence-electron chi connectivity index (χ4n) is 1.13. The molecule has 1 aliphatic rings. The van der Waals surface area contributed by atoms with Crippen LogP contribution in [0.15, 0.2) is 24.3 Å². The minimum atomic E-state index is -4.80. The quantitative estimate of drug-likeness (QED) is 0.623. The van der Waals surface area contributed by atoms with Gasteiger partial charge in [-0.05, 0) is 6.08 Å². The Morgan fingerprint density at radius 3 is 2.00 bits per heavy atom. The molecular weight excluding hydrogens is 230 g/mol. The number of sulfonamides is 1. The van der Waals surface area contributed by atoms with Gasteiger partial charge in [-0.2, -0.15) is 8.42 Å². The van der Waals surface area contributed by atoms with Gasteiger partial charge in [0, 0.05) is 6.42 Å². The number of hydrogen-bond donors (Lipinski definition) is 2. The minimum absolute atomic E-state index is 0.388. The number of nitrogens with two attached hydrogens (primary N) is 1. The van der Waals surface area contributed by atoms with Crippen LogP contribution in [0.25, 0.3) is 0 Å². The molecule has 1 atom stereocenters. The van der Waals surface area contributed by atoms with Gasteiger partial charge in [-0.25, -0.2) is 13.6 Å². The molecule has 0 aromatic heterocycles. The van der Waals surface area contributed by atoms with E-state index in [1.165, 1.54) is 18.2 Å². The van der Waals surface area contributed by atoms with Crippen LogP contribution in [-0.2, 0) is 20.1 Å². The molecule has 0 fully saturated rings. The molecule has 14 heavy (non-hydrogen) atoms. The average molecular weight is 239 g/mol. The van der Waals surface area contributed by atoms with E-state index >= 15 is 0 Å². The van der Waals surface area contributed by atoms with Gasteiger partial charge in [-0.1, -0.05) is 18.2 Å². The Labute approximate surface area is 81.9 Å². The Kier molecular flexibility index (Phi) is 2.57. The summed E-state index contributed by atoms with van der Waals surface area (Å²) >= 11 is 0. The van der Waals surface area contributed by atoms with Crippen LogP contribution in [0.5, 0.6) is 0 Å². The molecule has 0 aliphatic heterocycles. The Bertz CT molecular complexity index is 452. The Hall–Kier alpha value is -0.700. The highest BCUT2D eigenvalue weighted by atomic mass is 32.3. The van der Waals surface area contributed by atoms with Crippen LogP contribution in [0.4, 0.5) is 0 Å². The zero-order valence-corrected chi connectivity index (χ0v) is 8.62. The first kappa shape index (κ1) is 11.4. The van der Waals surface area contributed by atoms with Crippen LogP contribution in [-0.4, -0.2) is 25.5 Å². The first-order valence-corrected chi connectivity index (χ1v) is 6.53. The van der Waals surface area contributed by atoms with Crippen molar-refractivity contribution in [1.29, 1.82) is 0 Å². The van der Waals surface area contributed by atoms with Gasteiger partial charge in [0.15, 0.2) is 0 Å². The van der Waals surface area contributed by atoms with Crippen LogP contribution in [0, 0.1) is 0 Å². The molecule has 0 saturated heterocycles. The summed E-state index contributed by atoms with van der Waals surface area (Å²) in [5, 5.41) is 4.78. The third kappa shape index (κ3) is 1.61. The topological polar surface area (TPSA) is 115 Å². The maximum atomic E-state index is 11.1. The van der Waals surface area contributed by atoms with Crippen molar-refractivity contribution >= 4 is 20.1 Å². The van der Waals surface area contributed by atoms with Crippen molar-refractivity contribution in [2.45, 2.75) is 10.5 Å². The van der Waals surface area contributed by atoms with Crippen molar-refractivity contribution in [2.24, 2.45) is 5.14 Å². The lowest BCUT2D eigenvalue weighted by Gasteiger charge is -2.24. The normalized spacial score (nSPS) is 27.9. The Morgan fingerprint density at radius 2 is 1.79 bits per heavy atom. The van der Waals surface area contributed by atoms with Gasteiger partial charge in [0.2, 0.25) is 14.1 Å². The molecule has 6 nitrogen and oxygen atoms in total. The summed E-state index contributed by atoms with van der Waals surface area (Å²) in [5.74, 6) is 0. The Balaban J connectivity index is 3.48. The van der Waals surface area contributed by atoms with Crippen molar-refractivity contribution in [3.8, 4) is 0 Å². The van der Waals surface area contributed by atoms with Gasteiger partial charge < -0.3 is 0 Å². The molecular formula is C6H9NO5S2. The van der Waals surface area contributed by atoms with Gasteiger partial charge in [0.1, 0.15) is 0 Å². The van der Waals surface area contributed by atoms with E-state index in [0.29, 0.717) is 0 Å². The van der Waals surface area contributed by atoms with Crippen LogP contribution < -0.4 is 5.14 Å². The zero-order valence-electron chi connectivity index (χ0n) is 6.99. The van der Waals surface area contributed by atoms with E-state index in [4.69, 9.17) is 9.69 Å². The summed E-state index contributed by atoms with van der Waals surface area (Å²) in [6.45, 7) is 0. The Morgan fingerprint density at radius 1 is 1.21 bits per heavy atom. The monoisotopic (exact) mass is 239 g/mol. The third-order valence-electron chi connectivity index (χ3n) is 1.92. The van der Waals surface area contributed by atoms with Gasteiger partial charge in [-0.15, -0.1) is 0 Å². The molecule has 1 rings (SSSR count). The standard InChI is InChI=1S/C6H9NO5S2/c7-13(8,9)6(14(10,11)12)4-2-1-3-5-6/h1-4H,5H2,(H2,7,8,9)(H,10,11,12). The van der Waals surface area contributed by atoms with Gasteiger partial charge >= 0.3 is 0 Å². The average Bonchev–Trinajstić information content (AvgIpc) is 2.02. The number of allylic oxidation sites excluding steroid dienone is 3. The second-order valence-corrected chi connectivity index (χ2v) is 6.58. The van der Waals surface area contributed by atoms with Crippen LogP contribution in [0.1, 0.15) is 6.42 Å². The predicted molar refractivity (Wildman–Crippen MR) is 50.3 cm³/mol. The molecule has 80 valence electrons. The van der Waals surface area contributed by atoms with Crippen molar-refractivity contribution in [2.75, 3.05) is 0 Å². The second kappa shape index (κ2) is 3.16. The van der Waals surface area contributed by atoms with Crippen molar-refractivity contribution in [3.63, 3.8) is 0 Å². The second-order valence-electron chi connectivity index (χ2n) is 2.82. The number of primary sulfonamides is 1. The molecule has 3 N–H and O–H groups in total. The fraction of sp³-hybridized carbons (Fsp3) is 0.333. The highest BCUT2D eigenvalue weighted by Crippen LogP contribution is 2.30. The lowest BCUT2D eigenvalue weighted by atomic mass is 10.2. The van der Waals surface area contributed by atoms with Gasteiger partial charge in [-0.3, -0.25) is 4.55 Å². The molecule has 0 aromatic carbocycles. The van der Waals surface area contributed by atoms with Crippen molar-refractivity contribution in [3.05, 3.63) is 24.3 Å². The van der Waals surface area contributed by atoms with Crippen molar-refractivity contribution in [1.82, 2.24) is 0 Å². The lowest BCUT2D eigenvalue weighted by Crippen LogP contribution is -2.48. The molecule has 0 bridgehead atoms. The summed E-state index contributed by atoms with van der Waals surface area (Å²) in [6, 6.07) is 0. The number of hydrogen-bond acceptors (Lipinski definition) is 4. The van der Waals surface area contributed by atoms with E-state index in [-0.39, 0.29) is 6.42 Å². The van der Waals surface area contributed by atoms with Gasteiger partial charge in [0.05, 0.1) is 0 Å². The molecule has 0 radical (unpaired) electrons. The largest absolute Gasteiger partial charge is 0.290 e. The lowest BCUT2D eigenvalue weighted by molar-refractivity contribution is 0.464. The van der Waals surface area contributed by atoms with Crippen LogP contribution in [0.3, 0.4) is 0 Å². The highest BCUT2D eigenvalue weighted by molar-refractivity contribution is 8.07. The fourth-order valence-corrected chi connectivity index (χ4v) is 3.46. The van der Waals surface area contributed by atoms with E-state index in [0.717, 1.165) is 6.08 Å². The molecule has 1 aliphatic carbocycles. The highest BCUT2D eigenvalue weighted by Gasteiger charge is 2.50. The smallest absolute Gasteiger partial charge is 0.284 e. The van der Waals surface area contributed by atoms with E-state index < -0.39 is 24.2 Å². The maximum absolute atomic E-state index is 11.1. The van der Waals surface area contributed by atoms with E-state index in [1.807, 2.05) is 0 Å². The molecule has 0 amide bonds. The first-order valence-electron chi connectivity index (χ1n) is 3.54. The minimum Gasteiger partial charge on any atom is -0.284 e. The molecule has 0 aromatic rings.